The van der Waals surface area contributed by atoms with E-state index >= 15 is 0 Å². The van der Waals surface area contributed by atoms with Crippen molar-refractivity contribution in [1.29, 1.82) is 0 Å². The SMILES string of the molecule is O=C(O)c1ccc(S(Br)(c2ccccc2)c2ccccc2)cc1. The van der Waals surface area contributed by atoms with Gasteiger partial charge in [0.15, 0.2) is 0 Å². The Hall–Kier alpha value is -2.04. The molecule has 0 bridgehead atoms. The van der Waals surface area contributed by atoms with Crippen LogP contribution in [0.2, 0.25) is 0 Å². The maximum Gasteiger partial charge on any atom is 0.335 e. The molecule has 0 aliphatic rings. The van der Waals surface area contributed by atoms with Crippen LogP contribution < -0.4 is 0 Å². The van der Waals surface area contributed by atoms with Crippen molar-refractivity contribution in [2.24, 2.45) is 0 Å². The van der Waals surface area contributed by atoms with E-state index in [9.17, 15) is 4.79 Å². The number of carboxylic acid groups (broad SMARTS) is 1. The smallest absolute Gasteiger partial charge is 0.335 e. The summed E-state index contributed by atoms with van der Waals surface area (Å²) < 4.78 is 0. The van der Waals surface area contributed by atoms with Crippen LogP contribution in [0.3, 0.4) is 0 Å². The van der Waals surface area contributed by atoms with Gasteiger partial charge in [0, 0.05) is 14.7 Å². The van der Waals surface area contributed by atoms with Crippen LogP contribution in [0.4, 0.5) is 0 Å². The van der Waals surface area contributed by atoms with Gasteiger partial charge in [-0.1, -0.05) is 36.4 Å². The molecule has 0 saturated carbocycles. The van der Waals surface area contributed by atoms with Gasteiger partial charge in [0.25, 0.3) is 0 Å². The van der Waals surface area contributed by atoms with E-state index in [-0.39, 0.29) is 0 Å². The van der Waals surface area contributed by atoms with Crippen molar-refractivity contribution in [2.45, 2.75) is 14.7 Å². The molecule has 2 nitrogen and oxygen atoms in total. The molecule has 0 radical (unpaired) electrons. The molecule has 0 spiro atoms. The monoisotopic (exact) mass is 386 g/mol. The topological polar surface area (TPSA) is 37.3 Å². The predicted molar refractivity (Wildman–Crippen MR) is 97.6 cm³/mol. The standard InChI is InChI=1S/C19H15BrO2S/c20-23(16-7-3-1-4-8-16,17-9-5-2-6-10-17)18-13-11-15(12-14-18)19(21)22/h1-14H,(H,21,22). The molecule has 0 aromatic heterocycles. The van der Waals surface area contributed by atoms with Gasteiger partial charge in [0.05, 0.1) is 5.56 Å². The quantitative estimate of drug-likeness (QED) is 0.598. The fourth-order valence-corrected chi connectivity index (χ4v) is 6.74. The molecule has 0 fully saturated rings. The Morgan fingerprint density at radius 1 is 0.696 bits per heavy atom. The Morgan fingerprint density at radius 3 is 1.48 bits per heavy atom. The molecule has 116 valence electrons. The summed E-state index contributed by atoms with van der Waals surface area (Å²) in [6.07, 6.45) is 0. The van der Waals surface area contributed by atoms with E-state index in [1.165, 1.54) is 9.79 Å². The first-order chi connectivity index (χ1) is 11.1. The first kappa shape index (κ1) is 15.8. The lowest BCUT2D eigenvalue weighted by Crippen LogP contribution is -1.99. The third-order valence-corrected chi connectivity index (χ3v) is 9.69. The lowest BCUT2D eigenvalue weighted by atomic mass is 10.2. The predicted octanol–water partition coefficient (Wildman–Crippen LogP) is 5.98. The number of rotatable bonds is 4. The number of carbonyl (C=O) groups is 1. The summed E-state index contributed by atoms with van der Waals surface area (Å²) in [6, 6.07) is 27.6. The van der Waals surface area contributed by atoms with Crippen molar-refractivity contribution in [3.8, 4) is 0 Å². The second kappa shape index (κ2) is 6.60. The van der Waals surface area contributed by atoms with Gasteiger partial charge in [-0.05, 0) is 63.3 Å². The van der Waals surface area contributed by atoms with E-state index in [1.54, 1.807) is 12.1 Å². The summed E-state index contributed by atoms with van der Waals surface area (Å²) in [6.45, 7) is 0. The second-order valence-electron chi connectivity index (χ2n) is 4.99. The van der Waals surface area contributed by atoms with Crippen LogP contribution in [-0.4, -0.2) is 11.1 Å². The van der Waals surface area contributed by atoms with Crippen LogP contribution >= 0.6 is 23.3 Å². The van der Waals surface area contributed by atoms with Gasteiger partial charge in [0.1, 0.15) is 0 Å². The summed E-state index contributed by atoms with van der Waals surface area (Å²) in [5.74, 6) is -0.911. The molecule has 0 aliphatic carbocycles. The van der Waals surface area contributed by atoms with Crippen molar-refractivity contribution in [3.05, 3.63) is 90.5 Å². The number of carboxylic acids is 1. The highest BCUT2D eigenvalue weighted by atomic mass is 79.9. The van der Waals surface area contributed by atoms with Crippen LogP contribution in [0.15, 0.2) is 99.6 Å². The molecular weight excluding hydrogens is 372 g/mol. The number of halogens is 1. The molecule has 0 unspecified atom stereocenters. The highest BCUT2D eigenvalue weighted by Crippen LogP contribution is 2.73. The Kier molecular flexibility index (Phi) is 4.55. The zero-order chi connectivity index (χ0) is 16.3. The number of hydrogen-bond donors (Lipinski definition) is 1. The van der Waals surface area contributed by atoms with E-state index in [2.05, 4.69) is 39.1 Å². The minimum absolute atomic E-state index is 0.295. The summed E-state index contributed by atoms with van der Waals surface area (Å²) in [4.78, 5) is 14.5. The van der Waals surface area contributed by atoms with Gasteiger partial charge >= 0.3 is 5.97 Å². The largest absolute Gasteiger partial charge is 0.478 e. The Balaban J connectivity index is 2.18. The summed E-state index contributed by atoms with van der Waals surface area (Å²) in [7, 11) is -1.60. The van der Waals surface area contributed by atoms with Gasteiger partial charge < -0.3 is 5.11 Å². The average Bonchev–Trinajstić information content (AvgIpc) is 2.62. The van der Waals surface area contributed by atoms with Crippen molar-refractivity contribution in [1.82, 2.24) is 0 Å². The van der Waals surface area contributed by atoms with Crippen molar-refractivity contribution >= 4 is 29.2 Å². The molecule has 0 aliphatic heterocycles. The number of hydrogen-bond acceptors (Lipinski definition) is 1. The molecule has 0 heterocycles. The van der Waals surface area contributed by atoms with Crippen LogP contribution in [0.5, 0.6) is 0 Å². The van der Waals surface area contributed by atoms with E-state index in [0.717, 1.165) is 4.90 Å². The van der Waals surface area contributed by atoms with Gasteiger partial charge in [-0.3, -0.25) is 0 Å². The molecule has 0 amide bonds. The van der Waals surface area contributed by atoms with Crippen LogP contribution in [-0.2, 0) is 0 Å². The third-order valence-electron chi connectivity index (χ3n) is 3.56. The fraction of sp³-hybridized carbons (Fsp3) is 0. The zero-order valence-corrected chi connectivity index (χ0v) is 14.6. The Labute approximate surface area is 144 Å². The third kappa shape index (κ3) is 3.05. The lowest BCUT2D eigenvalue weighted by molar-refractivity contribution is 0.0697. The molecule has 1 N–H and O–H groups in total. The van der Waals surface area contributed by atoms with Gasteiger partial charge in [-0.15, -0.1) is 8.46 Å². The number of aromatic carboxylic acids is 1. The van der Waals surface area contributed by atoms with Gasteiger partial charge in [-0.2, -0.15) is 0 Å². The maximum absolute atomic E-state index is 11.1. The van der Waals surface area contributed by atoms with E-state index in [4.69, 9.17) is 5.11 Å². The molecule has 23 heavy (non-hydrogen) atoms. The van der Waals surface area contributed by atoms with Crippen molar-refractivity contribution < 1.29 is 9.90 Å². The minimum atomic E-state index is -1.60. The second-order valence-corrected chi connectivity index (χ2v) is 10.4. The molecule has 4 heteroatoms. The first-order valence-electron chi connectivity index (χ1n) is 7.09. The summed E-state index contributed by atoms with van der Waals surface area (Å²) in [5.41, 5.74) is 0.295. The molecular formula is C19H15BrO2S. The summed E-state index contributed by atoms with van der Waals surface area (Å²) in [5, 5.41) is 9.11. The average molecular weight is 387 g/mol. The van der Waals surface area contributed by atoms with Crippen LogP contribution in [0, 0.1) is 0 Å². The molecule has 0 saturated heterocycles. The Morgan fingerprint density at radius 2 is 1.09 bits per heavy atom. The van der Waals surface area contributed by atoms with E-state index < -0.39 is 14.4 Å². The number of benzene rings is 3. The minimum Gasteiger partial charge on any atom is -0.478 e. The van der Waals surface area contributed by atoms with Crippen molar-refractivity contribution in [2.75, 3.05) is 0 Å². The normalized spacial score (nSPS) is 11.9. The first-order valence-corrected chi connectivity index (χ1v) is 10.6. The van der Waals surface area contributed by atoms with Crippen LogP contribution in [0.1, 0.15) is 10.4 Å². The molecule has 3 aromatic rings. The fourth-order valence-electron chi connectivity index (χ4n) is 2.41. The van der Waals surface area contributed by atoms with Gasteiger partial charge in [-0.25, -0.2) is 4.79 Å². The highest BCUT2D eigenvalue weighted by Gasteiger charge is 2.28. The van der Waals surface area contributed by atoms with E-state index in [1.807, 2.05) is 48.5 Å². The van der Waals surface area contributed by atoms with Crippen LogP contribution in [0.25, 0.3) is 0 Å². The molecule has 0 atom stereocenters. The van der Waals surface area contributed by atoms with E-state index in [0.29, 0.717) is 5.56 Å². The highest BCUT2D eigenvalue weighted by molar-refractivity contribution is 9.58. The maximum atomic E-state index is 11.1. The zero-order valence-electron chi connectivity index (χ0n) is 12.2. The molecule has 3 rings (SSSR count). The summed E-state index contributed by atoms with van der Waals surface area (Å²) >= 11 is 4.01. The molecule has 3 aromatic carbocycles. The van der Waals surface area contributed by atoms with Crippen molar-refractivity contribution in [3.63, 3.8) is 0 Å². The Bertz CT molecular complexity index is 762. The lowest BCUT2D eigenvalue weighted by Gasteiger charge is -2.35. The van der Waals surface area contributed by atoms with Gasteiger partial charge in [0.2, 0.25) is 0 Å².